The van der Waals surface area contributed by atoms with E-state index in [1.807, 2.05) is 32.0 Å². The Labute approximate surface area is 226 Å². The Morgan fingerprint density at radius 3 is 2.38 bits per heavy atom. The summed E-state index contributed by atoms with van der Waals surface area (Å²) in [6.45, 7) is 2.56. The number of rotatable bonds is 7. The number of carbonyl (C=O) groups excluding carboxylic acids is 3. The molecule has 3 aliphatic rings. The average molecular weight is 544 g/mol. The number of hydrogen-bond acceptors (Lipinski definition) is 11. The number of amides is 1. The fraction of sp³-hybridized carbons (Fsp3) is 0.519. The zero-order chi connectivity index (χ0) is 29.1. The molecule has 212 valence electrons. The van der Waals surface area contributed by atoms with Gasteiger partial charge in [0, 0.05) is 56.0 Å². The lowest BCUT2D eigenvalue weighted by atomic mass is 9.57. The minimum absolute atomic E-state index is 0.0388. The van der Waals surface area contributed by atoms with Gasteiger partial charge >= 0.3 is 0 Å². The molecule has 1 saturated carbocycles. The highest BCUT2D eigenvalue weighted by Gasteiger charge is 2.64. The molecule has 12 nitrogen and oxygen atoms in total. The van der Waals surface area contributed by atoms with Crippen molar-refractivity contribution in [3.8, 4) is 5.75 Å². The summed E-state index contributed by atoms with van der Waals surface area (Å²) >= 11 is 0. The van der Waals surface area contributed by atoms with E-state index in [0.717, 1.165) is 5.69 Å². The molecule has 3 aliphatic carbocycles. The number of ketones is 2. The van der Waals surface area contributed by atoms with E-state index in [0.29, 0.717) is 17.7 Å². The van der Waals surface area contributed by atoms with Crippen LogP contribution < -0.4 is 21.7 Å². The van der Waals surface area contributed by atoms with Gasteiger partial charge in [0.1, 0.15) is 22.8 Å². The van der Waals surface area contributed by atoms with Crippen LogP contribution in [0.25, 0.3) is 5.76 Å². The highest BCUT2D eigenvalue weighted by Crippen LogP contribution is 2.54. The van der Waals surface area contributed by atoms with Crippen LogP contribution in [0, 0.1) is 11.8 Å². The van der Waals surface area contributed by atoms with Crippen LogP contribution in [0.4, 0.5) is 5.69 Å². The topological polar surface area (TPSA) is 203 Å². The van der Waals surface area contributed by atoms with E-state index >= 15 is 0 Å². The predicted octanol–water partition coefficient (Wildman–Crippen LogP) is -0.533. The van der Waals surface area contributed by atoms with Crippen molar-refractivity contribution in [2.24, 2.45) is 23.3 Å². The Bertz CT molecular complexity index is 1320. The number of aromatic hydroxyl groups is 1. The van der Waals surface area contributed by atoms with Gasteiger partial charge in [0.15, 0.2) is 11.4 Å². The van der Waals surface area contributed by atoms with Crippen molar-refractivity contribution in [3.63, 3.8) is 0 Å². The van der Waals surface area contributed by atoms with Crippen LogP contribution in [0.2, 0.25) is 0 Å². The van der Waals surface area contributed by atoms with Crippen LogP contribution in [-0.4, -0.2) is 95.2 Å². The van der Waals surface area contributed by atoms with E-state index in [2.05, 4.69) is 5.32 Å². The highest BCUT2D eigenvalue weighted by atomic mass is 16.3. The van der Waals surface area contributed by atoms with Crippen molar-refractivity contribution in [1.82, 2.24) is 10.2 Å². The molecule has 0 saturated heterocycles. The van der Waals surface area contributed by atoms with E-state index in [1.54, 1.807) is 14.1 Å². The zero-order valence-corrected chi connectivity index (χ0v) is 22.8. The number of aliphatic hydroxyl groups excluding tert-OH is 2. The maximum Gasteiger partial charge on any atom is 0.255 e. The molecule has 12 heteroatoms. The lowest BCUT2D eigenvalue weighted by Crippen LogP contribution is -2.65. The smallest absolute Gasteiger partial charge is 0.255 e. The minimum atomic E-state index is -2.67. The van der Waals surface area contributed by atoms with Gasteiger partial charge in [0.2, 0.25) is 5.78 Å². The molecule has 2 unspecified atom stereocenters. The molecule has 0 aromatic heterocycles. The first-order valence-electron chi connectivity index (χ1n) is 12.8. The number of aliphatic hydroxyl groups is 3. The average Bonchev–Trinajstić information content (AvgIpc) is 2.81. The van der Waals surface area contributed by atoms with Gasteiger partial charge in [0.05, 0.1) is 11.6 Å². The zero-order valence-electron chi connectivity index (χ0n) is 22.8. The van der Waals surface area contributed by atoms with Crippen molar-refractivity contribution in [1.29, 1.82) is 0 Å². The Kier molecular flexibility index (Phi) is 7.28. The second kappa shape index (κ2) is 9.94. The highest BCUT2D eigenvalue weighted by molar-refractivity contribution is 6.24. The third-order valence-electron chi connectivity index (χ3n) is 8.04. The maximum absolute atomic E-state index is 14.0. The van der Waals surface area contributed by atoms with E-state index in [-0.39, 0.29) is 42.3 Å². The predicted molar refractivity (Wildman–Crippen MR) is 144 cm³/mol. The van der Waals surface area contributed by atoms with Gasteiger partial charge in [-0.15, -0.1) is 0 Å². The number of phenolic OH excluding ortho intramolecular Hbond substituents is 1. The molecule has 5 atom stereocenters. The molecule has 4 rings (SSSR count). The van der Waals surface area contributed by atoms with Crippen molar-refractivity contribution >= 4 is 28.9 Å². The number of phenols is 1. The SMILES string of the molecule is CC(N)CNCc1cc(N(C)C)c2c(c1O)C(O)=C1C(=O)[C@@]3(O)C(O)=C(C(N)=O)C(=O)C(N(C)C)[C@H]3C[C@H]1C2. The number of carbonyl (C=O) groups is 3. The number of nitrogens with two attached hydrogens (primary N) is 2. The minimum Gasteiger partial charge on any atom is -0.508 e. The third-order valence-corrected chi connectivity index (χ3v) is 8.04. The number of nitrogens with zero attached hydrogens (tertiary/aromatic N) is 2. The first-order valence-corrected chi connectivity index (χ1v) is 12.8. The lowest BCUT2D eigenvalue weighted by Gasteiger charge is -2.50. The summed E-state index contributed by atoms with van der Waals surface area (Å²) in [7, 11) is 6.78. The molecule has 0 spiro atoms. The molecule has 1 aromatic carbocycles. The monoisotopic (exact) mass is 543 g/mol. The number of fused-ring (bicyclic) bond motifs is 3. The molecule has 0 bridgehead atoms. The molecule has 0 heterocycles. The summed E-state index contributed by atoms with van der Waals surface area (Å²) in [4.78, 5) is 42.6. The summed E-state index contributed by atoms with van der Waals surface area (Å²) in [5.74, 6) is -6.67. The van der Waals surface area contributed by atoms with Crippen LogP contribution in [0.15, 0.2) is 23.0 Å². The van der Waals surface area contributed by atoms with Gasteiger partial charge in [-0.2, -0.15) is 0 Å². The summed E-state index contributed by atoms with van der Waals surface area (Å²) in [6.07, 6.45) is 0.264. The van der Waals surface area contributed by atoms with Gasteiger partial charge in [0.25, 0.3) is 5.91 Å². The molecule has 1 amide bonds. The van der Waals surface area contributed by atoms with Gasteiger partial charge < -0.3 is 42.1 Å². The van der Waals surface area contributed by atoms with E-state index in [1.165, 1.54) is 4.90 Å². The Balaban J connectivity index is 1.93. The van der Waals surface area contributed by atoms with Crippen molar-refractivity contribution in [2.75, 3.05) is 39.6 Å². The van der Waals surface area contributed by atoms with Gasteiger partial charge in [-0.1, -0.05) is 0 Å². The van der Waals surface area contributed by atoms with Crippen LogP contribution in [-0.2, 0) is 27.3 Å². The summed E-state index contributed by atoms with van der Waals surface area (Å²) in [6, 6.07) is 0.562. The first-order chi connectivity index (χ1) is 18.1. The fourth-order valence-electron chi connectivity index (χ4n) is 6.31. The molecule has 0 aliphatic heterocycles. The molecule has 1 aromatic rings. The molecule has 9 N–H and O–H groups in total. The standard InChI is InChI=1S/C27H37N5O7/c1-11(28)9-30-10-13-8-16(31(2)3)14-6-12-7-15-20(32(4)5)23(35)19(26(29)38)25(37)27(15,39)24(36)17(12)22(34)18(14)21(13)33/h8,11-12,15,20,30,33-34,37,39H,6-7,9-10,28H2,1-5H3,(H2,29,38)/t11?,12-,15-,20?,27-/m1/s1. The van der Waals surface area contributed by atoms with Crippen molar-refractivity contribution in [2.45, 2.75) is 44.0 Å². The van der Waals surface area contributed by atoms with E-state index in [4.69, 9.17) is 11.5 Å². The van der Waals surface area contributed by atoms with Gasteiger partial charge in [-0.3, -0.25) is 19.3 Å². The fourth-order valence-corrected chi connectivity index (χ4v) is 6.31. The van der Waals surface area contributed by atoms with Crippen molar-refractivity contribution < 1.29 is 34.8 Å². The molecular weight excluding hydrogens is 506 g/mol. The van der Waals surface area contributed by atoms with Crippen LogP contribution in [0.1, 0.15) is 30.0 Å². The normalized spacial score (nSPS) is 27.3. The lowest BCUT2D eigenvalue weighted by molar-refractivity contribution is -0.153. The number of hydrogen-bond donors (Lipinski definition) is 7. The first kappa shape index (κ1) is 28.6. The molecule has 1 fully saturated rings. The van der Waals surface area contributed by atoms with Crippen LogP contribution >= 0.6 is 0 Å². The number of benzene rings is 1. The number of likely N-dealkylation sites (N-methyl/N-ethyl adjacent to an activating group) is 1. The summed E-state index contributed by atoms with van der Waals surface area (Å²) < 4.78 is 0. The number of anilines is 1. The molecule has 0 radical (unpaired) electrons. The second-order valence-corrected chi connectivity index (χ2v) is 11.2. The van der Waals surface area contributed by atoms with Gasteiger partial charge in [-0.25, -0.2) is 0 Å². The Morgan fingerprint density at radius 2 is 1.85 bits per heavy atom. The maximum atomic E-state index is 14.0. The van der Waals surface area contributed by atoms with Crippen LogP contribution in [0.3, 0.4) is 0 Å². The van der Waals surface area contributed by atoms with Crippen molar-refractivity contribution in [3.05, 3.63) is 39.7 Å². The number of Topliss-reactive ketones (excluding diaryl/α,β-unsaturated/α-hetero) is 2. The number of nitrogens with one attached hydrogen (secondary N) is 1. The summed E-state index contributed by atoms with van der Waals surface area (Å²) in [5.41, 5.74) is 9.38. The Hall–Kier alpha value is -3.45. The largest absolute Gasteiger partial charge is 0.508 e. The van der Waals surface area contributed by atoms with E-state index < -0.39 is 58.0 Å². The number of primary amides is 1. The van der Waals surface area contributed by atoms with Gasteiger partial charge in [-0.05, 0) is 51.4 Å². The van der Waals surface area contributed by atoms with E-state index in [9.17, 15) is 34.8 Å². The molecule has 39 heavy (non-hydrogen) atoms. The Morgan fingerprint density at radius 1 is 1.21 bits per heavy atom. The quantitative estimate of drug-likeness (QED) is 0.218. The third kappa shape index (κ3) is 4.27. The van der Waals surface area contributed by atoms with Crippen LogP contribution in [0.5, 0.6) is 5.75 Å². The summed E-state index contributed by atoms with van der Waals surface area (Å²) in [5, 5.41) is 48.6. The second-order valence-electron chi connectivity index (χ2n) is 11.2. The molecular formula is C27H37N5O7.